The van der Waals surface area contributed by atoms with Gasteiger partial charge in [0.05, 0.1) is 12.2 Å². The highest BCUT2D eigenvalue weighted by Crippen LogP contribution is 2.33. The molecule has 0 aliphatic carbocycles. The number of anilines is 1. The van der Waals surface area contributed by atoms with Crippen molar-refractivity contribution >= 4 is 17.5 Å². The monoisotopic (exact) mass is 410 g/mol. The quantitative estimate of drug-likeness (QED) is 0.718. The van der Waals surface area contributed by atoms with Crippen LogP contribution < -0.4 is 10.2 Å². The summed E-state index contributed by atoms with van der Waals surface area (Å²) in [5.41, 5.74) is 0.847. The van der Waals surface area contributed by atoms with E-state index in [0.717, 1.165) is 5.56 Å². The van der Waals surface area contributed by atoms with Crippen LogP contribution in [0.5, 0.6) is 0 Å². The first-order valence-electron chi connectivity index (χ1n) is 9.45. The molecule has 0 bridgehead atoms. The van der Waals surface area contributed by atoms with Crippen LogP contribution in [0.15, 0.2) is 54.6 Å². The number of aryl methyl sites for hydroxylation is 1. The molecule has 0 saturated heterocycles. The zero-order valence-electron chi connectivity index (χ0n) is 16.5. The van der Waals surface area contributed by atoms with Crippen molar-refractivity contribution in [2.75, 3.05) is 4.90 Å². The summed E-state index contributed by atoms with van der Waals surface area (Å²) in [5, 5.41) is 7.16. The number of hydrogen-bond donors (Lipinski definition) is 1. The van der Waals surface area contributed by atoms with Crippen LogP contribution in [-0.2, 0) is 17.9 Å². The summed E-state index contributed by atoms with van der Waals surface area (Å²) in [5.74, 6) is -1.60. The molecule has 0 saturated carbocycles. The summed E-state index contributed by atoms with van der Waals surface area (Å²) in [7, 11) is 0. The molecule has 0 spiro atoms. The van der Waals surface area contributed by atoms with Gasteiger partial charge in [-0.2, -0.15) is 5.10 Å². The molecule has 3 aromatic rings. The first-order valence-corrected chi connectivity index (χ1v) is 9.45. The zero-order chi connectivity index (χ0) is 21.5. The molecular formula is C22H20F2N4O2. The smallest absolute Gasteiger partial charge is 0.277 e. The Bertz CT molecular complexity index is 1110. The first-order chi connectivity index (χ1) is 14.3. The molecule has 1 N–H and O–H groups in total. The Labute approximate surface area is 172 Å². The van der Waals surface area contributed by atoms with Gasteiger partial charge >= 0.3 is 0 Å². The number of carbonyl (C=O) groups excluding carboxylic acids is 2. The standard InChI is InChI=1S/C22H20F2N4O2/c1-14-11-19-20(29)28(18-9-7-17(24)8-10-18)22(2,13-27(19)26-14)21(30)25-12-15-3-5-16(23)6-4-15/h3-11H,12-13H2,1-2H3,(H,25,30)/t22-/m0/s1. The minimum absolute atomic E-state index is 0.133. The van der Waals surface area contributed by atoms with Crippen molar-refractivity contribution < 1.29 is 18.4 Å². The Kier molecular flexibility index (Phi) is 4.85. The molecule has 6 nitrogen and oxygen atoms in total. The molecule has 2 aromatic carbocycles. The van der Waals surface area contributed by atoms with Crippen LogP contribution in [-0.4, -0.2) is 27.1 Å². The van der Waals surface area contributed by atoms with Crippen molar-refractivity contribution in [1.82, 2.24) is 15.1 Å². The van der Waals surface area contributed by atoms with Crippen molar-refractivity contribution in [2.24, 2.45) is 0 Å². The number of nitrogens with one attached hydrogen (secondary N) is 1. The van der Waals surface area contributed by atoms with Gasteiger partial charge in [-0.05, 0) is 61.9 Å². The van der Waals surface area contributed by atoms with E-state index >= 15 is 0 Å². The molecule has 2 amide bonds. The summed E-state index contributed by atoms with van der Waals surface area (Å²) >= 11 is 0. The molecule has 2 heterocycles. The Morgan fingerprint density at radius 1 is 1.10 bits per heavy atom. The van der Waals surface area contributed by atoms with Gasteiger partial charge in [0.25, 0.3) is 5.91 Å². The van der Waals surface area contributed by atoms with Gasteiger partial charge in [-0.1, -0.05) is 12.1 Å². The van der Waals surface area contributed by atoms with Gasteiger partial charge in [-0.3, -0.25) is 19.2 Å². The van der Waals surface area contributed by atoms with E-state index in [1.807, 2.05) is 0 Å². The fourth-order valence-corrected chi connectivity index (χ4v) is 3.68. The van der Waals surface area contributed by atoms with E-state index in [-0.39, 0.29) is 18.9 Å². The molecule has 1 aromatic heterocycles. The predicted octanol–water partition coefficient (Wildman–Crippen LogP) is 3.21. The Balaban J connectivity index is 1.69. The van der Waals surface area contributed by atoms with Gasteiger partial charge in [0, 0.05) is 12.2 Å². The van der Waals surface area contributed by atoms with Gasteiger partial charge < -0.3 is 5.32 Å². The molecule has 0 radical (unpaired) electrons. The summed E-state index contributed by atoms with van der Waals surface area (Å²) in [4.78, 5) is 28.0. The molecule has 8 heteroatoms. The van der Waals surface area contributed by atoms with Crippen molar-refractivity contribution in [1.29, 1.82) is 0 Å². The number of nitrogens with zero attached hydrogens (tertiary/aromatic N) is 3. The largest absolute Gasteiger partial charge is 0.350 e. The van der Waals surface area contributed by atoms with Gasteiger partial charge in [0.1, 0.15) is 22.9 Å². The van der Waals surface area contributed by atoms with Crippen LogP contribution in [0, 0.1) is 18.6 Å². The lowest BCUT2D eigenvalue weighted by Gasteiger charge is -2.43. The number of amides is 2. The van der Waals surface area contributed by atoms with Crippen molar-refractivity contribution in [2.45, 2.75) is 32.5 Å². The highest BCUT2D eigenvalue weighted by atomic mass is 19.1. The lowest BCUT2D eigenvalue weighted by Crippen LogP contribution is -2.64. The number of benzene rings is 2. The number of hydrogen-bond acceptors (Lipinski definition) is 3. The Morgan fingerprint density at radius 2 is 1.70 bits per heavy atom. The fourth-order valence-electron chi connectivity index (χ4n) is 3.68. The summed E-state index contributed by atoms with van der Waals surface area (Å²) in [6.07, 6.45) is 0. The normalized spacial score (nSPS) is 18.3. The maximum Gasteiger partial charge on any atom is 0.277 e. The van der Waals surface area contributed by atoms with E-state index in [9.17, 15) is 18.4 Å². The molecule has 1 atom stereocenters. The second-order valence-electron chi connectivity index (χ2n) is 7.53. The van der Waals surface area contributed by atoms with E-state index in [1.165, 1.54) is 46.0 Å². The van der Waals surface area contributed by atoms with E-state index in [0.29, 0.717) is 17.1 Å². The van der Waals surface area contributed by atoms with Gasteiger partial charge in [-0.15, -0.1) is 0 Å². The van der Waals surface area contributed by atoms with E-state index in [1.54, 1.807) is 32.0 Å². The second-order valence-corrected chi connectivity index (χ2v) is 7.53. The van der Waals surface area contributed by atoms with E-state index in [4.69, 9.17) is 0 Å². The zero-order valence-corrected chi connectivity index (χ0v) is 16.5. The van der Waals surface area contributed by atoms with Crippen molar-refractivity contribution in [3.63, 3.8) is 0 Å². The van der Waals surface area contributed by atoms with Crippen LogP contribution in [0.4, 0.5) is 14.5 Å². The van der Waals surface area contributed by atoms with Gasteiger partial charge in [-0.25, -0.2) is 8.78 Å². The van der Waals surface area contributed by atoms with E-state index in [2.05, 4.69) is 10.4 Å². The minimum Gasteiger partial charge on any atom is -0.350 e. The molecule has 1 aliphatic heterocycles. The third-order valence-electron chi connectivity index (χ3n) is 5.22. The van der Waals surface area contributed by atoms with Crippen molar-refractivity contribution in [3.05, 3.63) is 83.2 Å². The van der Waals surface area contributed by atoms with Gasteiger partial charge in [0.15, 0.2) is 0 Å². The molecule has 4 rings (SSSR count). The molecular weight excluding hydrogens is 390 g/mol. The fraction of sp³-hybridized carbons (Fsp3) is 0.227. The summed E-state index contributed by atoms with van der Waals surface area (Å²) < 4.78 is 28.1. The third-order valence-corrected chi connectivity index (χ3v) is 5.22. The Hall–Kier alpha value is -3.55. The number of fused-ring (bicyclic) bond motifs is 1. The Morgan fingerprint density at radius 3 is 2.33 bits per heavy atom. The number of rotatable bonds is 4. The number of aromatic nitrogens is 2. The van der Waals surface area contributed by atoms with Crippen LogP contribution in [0.3, 0.4) is 0 Å². The molecule has 1 aliphatic rings. The topological polar surface area (TPSA) is 67.2 Å². The van der Waals surface area contributed by atoms with Crippen molar-refractivity contribution in [3.8, 4) is 0 Å². The SMILES string of the molecule is Cc1cc2n(n1)C[C@@](C)(C(=O)NCc1ccc(F)cc1)N(c1ccc(F)cc1)C2=O. The average Bonchev–Trinajstić information content (AvgIpc) is 3.09. The van der Waals surface area contributed by atoms with Crippen LogP contribution >= 0.6 is 0 Å². The lowest BCUT2D eigenvalue weighted by molar-refractivity contribution is -0.126. The maximum absolute atomic E-state index is 13.5. The highest BCUT2D eigenvalue weighted by molar-refractivity contribution is 6.11. The molecule has 0 fully saturated rings. The van der Waals surface area contributed by atoms with Crippen LogP contribution in [0.2, 0.25) is 0 Å². The van der Waals surface area contributed by atoms with E-state index < -0.39 is 23.2 Å². The molecule has 154 valence electrons. The average molecular weight is 410 g/mol. The lowest BCUT2D eigenvalue weighted by atomic mass is 9.94. The summed E-state index contributed by atoms with van der Waals surface area (Å²) in [6, 6.07) is 12.9. The van der Waals surface area contributed by atoms with Crippen LogP contribution in [0.1, 0.15) is 28.7 Å². The number of halogens is 2. The highest BCUT2D eigenvalue weighted by Gasteiger charge is 2.48. The maximum atomic E-state index is 13.5. The second kappa shape index (κ2) is 7.37. The number of carbonyl (C=O) groups is 2. The van der Waals surface area contributed by atoms with Gasteiger partial charge in [0.2, 0.25) is 5.91 Å². The first kappa shape index (κ1) is 19.8. The minimum atomic E-state index is -1.31. The van der Waals surface area contributed by atoms with Crippen LogP contribution in [0.25, 0.3) is 0 Å². The summed E-state index contributed by atoms with van der Waals surface area (Å²) in [6.45, 7) is 3.72. The molecule has 0 unspecified atom stereocenters. The third kappa shape index (κ3) is 3.45. The predicted molar refractivity (Wildman–Crippen MR) is 107 cm³/mol. The molecule has 30 heavy (non-hydrogen) atoms.